The van der Waals surface area contributed by atoms with Gasteiger partial charge in [0.2, 0.25) is 5.78 Å². The van der Waals surface area contributed by atoms with Gasteiger partial charge in [-0.25, -0.2) is 0 Å². The molecule has 0 unspecified atom stereocenters. The maximum Gasteiger partial charge on any atom is 0.212 e. The number of pyridine rings is 1. The van der Waals surface area contributed by atoms with Crippen molar-refractivity contribution in [1.29, 1.82) is 0 Å². The highest BCUT2D eigenvalue weighted by Crippen LogP contribution is 2.23. The van der Waals surface area contributed by atoms with Crippen molar-refractivity contribution in [1.82, 2.24) is 4.98 Å². The van der Waals surface area contributed by atoms with E-state index in [0.717, 1.165) is 4.47 Å². The van der Waals surface area contributed by atoms with Gasteiger partial charge in [-0.15, -0.1) is 0 Å². The van der Waals surface area contributed by atoms with E-state index in [1.165, 1.54) is 0 Å². The molecule has 2 nitrogen and oxygen atoms in total. The zero-order valence-electron chi connectivity index (χ0n) is 8.15. The maximum atomic E-state index is 12.0. The minimum Gasteiger partial charge on any atom is -0.287 e. The summed E-state index contributed by atoms with van der Waals surface area (Å²) in [6.07, 6.45) is 1.58. The van der Waals surface area contributed by atoms with Gasteiger partial charge in [0.05, 0.1) is 5.02 Å². The van der Waals surface area contributed by atoms with Crippen LogP contribution < -0.4 is 0 Å². The van der Waals surface area contributed by atoms with Crippen molar-refractivity contribution in [3.8, 4) is 0 Å². The van der Waals surface area contributed by atoms with Crippen LogP contribution in [0.5, 0.6) is 0 Å². The molecule has 80 valence electrons. The first kappa shape index (κ1) is 11.3. The van der Waals surface area contributed by atoms with Crippen LogP contribution in [0.2, 0.25) is 5.02 Å². The van der Waals surface area contributed by atoms with Gasteiger partial charge in [-0.05, 0) is 30.3 Å². The third-order valence-corrected chi connectivity index (χ3v) is 2.88. The van der Waals surface area contributed by atoms with E-state index < -0.39 is 0 Å². The van der Waals surface area contributed by atoms with E-state index in [0.29, 0.717) is 16.3 Å². The van der Waals surface area contributed by atoms with Gasteiger partial charge in [0.25, 0.3) is 0 Å². The predicted molar refractivity (Wildman–Crippen MR) is 66.8 cm³/mol. The summed E-state index contributed by atoms with van der Waals surface area (Å²) in [6.45, 7) is 0. The normalized spacial score (nSPS) is 10.1. The summed E-state index contributed by atoms with van der Waals surface area (Å²) in [6, 6.07) is 10.4. The predicted octanol–water partition coefficient (Wildman–Crippen LogP) is 3.73. The number of halogens is 2. The topological polar surface area (TPSA) is 30.0 Å². The molecule has 0 aliphatic heterocycles. The molecule has 0 spiro atoms. The molecular formula is C12H7BrClNO. The van der Waals surface area contributed by atoms with Crippen molar-refractivity contribution >= 4 is 33.3 Å². The molecule has 2 aromatic rings. The van der Waals surface area contributed by atoms with Crippen LogP contribution in [0.4, 0.5) is 0 Å². The monoisotopic (exact) mass is 295 g/mol. The Balaban J connectivity index is 2.42. The molecule has 0 bridgehead atoms. The Morgan fingerprint density at radius 3 is 2.69 bits per heavy atom. The summed E-state index contributed by atoms with van der Waals surface area (Å²) in [5.74, 6) is -0.168. The van der Waals surface area contributed by atoms with Crippen molar-refractivity contribution in [2.75, 3.05) is 0 Å². The second kappa shape index (κ2) is 4.76. The van der Waals surface area contributed by atoms with Gasteiger partial charge in [-0.2, -0.15) is 0 Å². The number of carbonyl (C=O) groups excluding carboxylic acids is 1. The fraction of sp³-hybridized carbons (Fsp3) is 0. The zero-order valence-corrected chi connectivity index (χ0v) is 10.5. The number of nitrogens with zero attached hydrogens (tertiary/aromatic N) is 1. The molecule has 0 aliphatic carbocycles. The molecule has 16 heavy (non-hydrogen) atoms. The summed E-state index contributed by atoms with van der Waals surface area (Å²) in [7, 11) is 0. The van der Waals surface area contributed by atoms with Crippen LogP contribution in [0.3, 0.4) is 0 Å². The summed E-state index contributed by atoms with van der Waals surface area (Å²) < 4.78 is 0.843. The van der Waals surface area contributed by atoms with E-state index in [9.17, 15) is 4.79 Å². The van der Waals surface area contributed by atoms with E-state index in [1.807, 2.05) is 0 Å². The molecule has 1 aromatic carbocycles. The quantitative estimate of drug-likeness (QED) is 0.790. The molecule has 0 radical (unpaired) electrons. The summed E-state index contributed by atoms with van der Waals surface area (Å²) >= 11 is 9.29. The lowest BCUT2D eigenvalue weighted by Gasteiger charge is -2.03. The first-order chi connectivity index (χ1) is 7.68. The molecule has 2 rings (SSSR count). The average Bonchev–Trinajstić information content (AvgIpc) is 2.29. The van der Waals surface area contributed by atoms with Gasteiger partial charge in [0, 0.05) is 16.2 Å². The second-order valence-electron chi connectivity index (χ2n) is 3.17. The molecular weight excluding hydrogens is 289 g/mol. The van der Waals surface area contributed by atoms with Crippen molar-refractivity contribution < 1.29 is 4.79 Å². The highest BCUT2D eigenvalue weighted by molar-refractivity contribution is 9.10. The van der Waals surface area contributed by atoms with Gasteiger partial charge in [0.15, 0.2) is 0 Å². The van der Waals surface area contributed by atoms with E-state index >= 15 is 0 Å². The number of hydrogen-bond acceptors (Lipinski definition) is 2. The zero-order chi connectivity index (χ0) is 11.5. The number of ketones is 1. The lowest BCUT2D eigenvalue weighted by atomic mass is 10.1. The van der Waals surface area contributed by atoms with Crippen LogP contribution >= 0.6 is 27.5 Å². The third kappa shape index (κ3) is 2.31. The maximum absolute atomic E-state index is 12.0. The molecule has 0 N–H and O–H groups in total. The fourth-order valence-electron chi connectivity index (χ4n) is 1.31. The van der Waals surface area contributed by atoms with Crippen molar-refractivity contribution in [2.24, 2.45) is 0 Å². The molecule has 1 aromatic heterocycles. The first-order valence-electron chi connectivity index (χ1n) is 4.59. The smallest absolute Gasteiger partial charge is 0.212 e. The standard InChI is InChI=1S/C12H7BrClNO/c13-8-4-5-9(10(14)7-8)12(16)11-3-1-2-6-15-11/h1-7H. The number of carbonyl (C=O) groups is 1. The minimum atomic E-state index is -0.168. The van der Waals surface area contributed by atoms with Gasteiger partial charge in [-0.3, -0.25) is 9.78 Å². The molecule has 4 heteroatoms. The number of hydrogen-bond donors (Lipinski definition) is 0. The van der Waals surface area contributed by atoms with E-state index in [4.69, 9.17) is 11.6 Å². The Hall–Kier alpha value is -1.19. The molecule has 0 saturated carbocycles. The van der Waals surface area contributed by atoms with Crippen LogP contribution in [-0.4, -0.2) is 10.8 Å². The lowest BCUT2D eigenvalue weighted by molar-refractivity contribution is 0.103. The summed E-state index contributed by atoms with van der Waals surface area (Å²) in [5, 5.41) is 0.421. The van der Waals surface area contributed by atoms with Gasteiger partial charge in [-0.1, -0.05) is 33.6 Å². The summed E-state index contributed by atoms with van der Waals surface area (Å²) in [5.41, 5.74) is 0.857. The first-order valence-corrected chi connectivity index (χ1v) is 5.76. The molecule has 0 aliphatic rings. The van der Waals surface area contributed by atoms with Crippen molar-refractivity contribution in [3.05, 3.63) is 63.3 Å². The molecule has 1 heterocycles. The van der Waals surface area contributed by atoms with Gasteiger partial charge < -0.3 is 0 Å². The lowest BCUT2D eigenvalue weighted by Crippen LogP contribution is -2.04. The average molecular weight is 297 g/mol. The second-order valence-corrected chi connectivity index (χ2v) is 4.49. The van der Waals surface area contributed by atoms with Crippen molar-refractivity contribution in [2.45, 2.75) is 0 Å². The Bertz CT molecular complexity index is 528. The van der Waals surface area contributed by atoms with Crippen LogP contribution in [-0.2, 0) is 0 Å². The van der Waals surface area contributed by atoms with Gasteiger partial charge >= 0.3 is 0 Å². The molecule has 0 atom stereocenters. The van der Waals surface area contributed by atoms with Crippen LogP contribution in [0, 0.1) is 0 Å². The van der Waals surface area contributed by atoms with Crippen molar-refractivity contribution in [3.63, 3.8) is 0 Å². The Morgan fingerprint density at radius 1 is 1.25 bits per heavy atom. The van der Waals surface area contributed by atoms with Crippen LogP contribution in [0.1, 0.15) is 16.1 Å². The number of aromatic nitrogens is 1. The minimum absolute atomic E-state index is 0.168. The van der Waals surface area contributed by atoms with Gasteiger partial charge in [0.1, 0.15) is 5.69 Å². The van der Waals surface area contributed by atoms with E-state index in [-0.39, 0.29) is 5.78 Å². The number of rotatable bonds is 2. The number of benzene rings is 1. The van der Waals surface area contributed by atoms with E-state index in [1.54, 1.807) is 42.6 Å². The molecule has 0 amide bonds. The molecule has 0 fully saturated rings. The Kier molecular flexibility index (Phi) is 3.36. The third-order valence-electron chi connectivity index (χ3n) is 2.07. The SMILES string of the molecule is O=C(c1ccccn1)c1ccc(Br)cc1Cl. The largest absolute Gasteiger partial charge is 0.287 e. The Morgan fingerprint density at radius 2 is 2.06 bits per heavy atom. The highest BCUT2D eigenvalue weighted by Gasteiger charge is 2.13. The summed E-state index contributed by atoms with van der Waals surface area (Å²) in [4.78, 5) is 16.0. The van der Waals surface area contributed by atoms with E-state index in [2.05, 4.69) is 20.9 Å². The fourth-order valence-corrected chi connectivity index (χ4v) is 2.07. The van der Waals surface area contributed by atoms with Crippen LogP contribution in [0.15, 0.2) is 47.1 Å². The van der Waals surface area contributed by atoms with Crippen LogP contribution in [0.25, 0.3) is 0 Å². The highest BCUT2D eigenvalue weighted by atomic mass is 79.9. The Labute approximate surface area is 106 Å². The molecule has 0 saturated heterocycles.